The van der Waals surface area contributed by atoms with E-state index >= 15 is 0 Å². The molecule has 0 aliphatic heterocycles. The average molecular weight is 514 g/mol. The molecule has 0 radical (unpaired) electrons. The second-order valence-electron chi connectivity index (χ2n) is 8.93. The molecule has 0 bridgehead atoms. The van der Waals surface area contributed by atoms with E-state index in [1.165, 1.54) is 23.5 Å². The molecule has 8 nitrogen and oxygen atoms in total. The van der Waals surface area contributed by atoms with E-state index in [-0.39, 0.29) is 24.8 Å². The Bertz CT molecular complexity index is 1320. The number of rotatable bonds is 11. The van der Waals surface area contributed by atoms with Gasteiger partial charge in [0.2, 0.25) is 11.8 Å². The maximum Gasteiger partial charge on any atom is 0.287 e. The van der Waals surface area contributed by atoms with Crippen molar-refractivity contribution < 1.29 is 23.2 Å². The molecule has 4 aromatic rings. The Morgan fingerprint density at radius 1 is 0.816 bits per heavy atom. The summed E-state index contributed by atoms with van der Waals surface area (Å²) in [6.45, 7) is 4.09. The van der Waals surface area contributed by atoms with E-state index < -0.39 is 17.9 Å². The molecule has 3 amide bonds. The normalized spacial score (nSPS) is 12.4. The van der Waals surface area contributed by atoms with E-state index in [0.29, 0.717) is 22.9 Å². The summed E-state index contributed by atoms with van der Waals surface area (Å²) in [5.41, 5.74) is 2.30. The lowest BCUT2D eigenvalue weighted by Crippen LogP contribution is -2.47. The zero-order valence-electron chi connectivity index (χ0n) is 21.4. The second kappa shape index (κ2) is 12.6. The molecule has 2 aromatic heterocycles. The standard InChI is InChI=1S/C30H31N3O5/c1-3-21(2)22-13-15-24(16-14-22)33(27(34)20-32-29(35)26-12-8-18-38-26)28(23-9-5-4-6-10-23)30(36)31-19-25-11-7-17-37-25/h4-18,21,28H,3,19-20H2,1-2H3,(H,31,36)(H,32,35)/t21-,28-/m0/s1. The topological polar surface area (TPSA) is 105 Å². The number of nitrogens with one attached hydrogen (secondary N) is 2. The Kier molecular flexibility index (Phi) is 8.77. The second-order valence-corrected chi connectivity index (χ2v) is 8.93. The molecule has 4 rings (SSSR count). The van der Waals surface area contributed by atoms with Gasteiger partial charge in [-0.25, -0.2) is 0 Å². The Balaban J connectivity index is 1.67. The first-order valence-corrected chi connectivity index (χ1v) is 12.6. The van der Waals surface area contributed by atoms with Crippen LogP contribution in [0.1, 0.15) is 59.7 Å². The highest BCUT2D eigenvalue weighted by Gasteiger charge is 2.33. The molecule has 0 unspecified atom stereocenters. The minimum Gasteiger partial charge on any atom is -0.467 e. The number of furan rings is 2. The molecule has 2 atom stereocenters. The van der Waals surface area contributed by atoms with Crippen LogP contribution in [0.5, 0.6) is 0 Å². The van der Waals surface area contributed by atoms with Crippen LogP contribution >= 0.6 is 0 Å². The van der Waals surface area contributed by atoms with Crippen molar-refractivity contribution in [1.82, 2.24) is 10.6 Å². The van der Waals surface area contributed by atoms with Gasteiger partial charge in [-0.1, -0.05) is 56.3 Å². The van der Waals surface area contributed by atoms with Crippen LogP contribution in [0, 0.1) is 0 Å². The molecule has 0 spiro atoms. The summed E-state index contributed by atoms with van der Waals surface area (Å²) in [7, 11) is 0. The SMILES string of the molecule is CC[C@H](C)c1ccc(N(C(=O)CNC(=O)c2ccco2)[C@H](C(=O)NCc2ccco2)c2ccccc2)cc1. The van der Waals surface area contributed by atoms with Crippen LogP contribution in [-0.2, 0) is 16.1 Å². The van der Waals surface area contributed by atoms with Crippen LogP contribution in [0.2, 0.25) is 0 Å². The first-order valence-electron chi connectivity index (χ1n) is 12.6. The molecule has 196 valence electrons. The summed E-state index contributed by atoms with van der Waals surface area (Å²) >= 11 is 0. The summed E-state index contributed by atoms with van der Waals surface area (Å²) < 4.78 is 10.5. The predicted molar refractivity (Wildman–Crippen MR) is 143 cm³/mol. The van der Waals surface area contributed by atoms with Crippen LogP contribution in [-0.4, -0.2) is 24.3 Å². The fourth-order valence-corrected chi connectivity index (χ4v) is 4.11. The molecule has 2 heterocycles. The third kappa shape index (κ3) is 6.39. The molecule has 2 N–H and O–H groups in total. The summed E-state index contributed by atoms with van der Waals surface area (Å²) in [4.78, 5) is 41.3. The predicted octanol–water partition coefficient (Wildman–Crippen LogP) is 5.21. The first kappa shape index (κ1) is 26.5. The van der Waals surface area contributed by atoms with Crippen LogP contribution in [0.15, 0.2) is 100 Å². The van der Waals surface area contributed by atoms with Gasteiger partial charge in [0.15, 0.2) is 5.76 Å². The lowest BCUT2D eigenvalue weighted by molar-refractivity contribution is -0.126. The molecular weight excluding hydrogens is 482 g/mol. The number of carbonyl (C=O) groups is 3. The van der Waals surface area contributed by atoms with Gasteiger partial charge in [0.25, 0.3) is 5.91 Å². The van der Waals surface area contributed by atoms with Crippen LogP contribution in [0.4, 0.5) is 5.69 Å². The molecule has 2 aromatic carbocycles. The molecule has 0 saturated carbocycles. The smallest absolute Gasteiger partial charge is 0.287 e. The van der Waals surface area contributed by atoms with E-state index in [2.05, 4.69) is 24.5 Å². The van der Waals surface area contributed by atoms with Crippen molar-refractivity contribution >= 4 is 23.4 Å². The first-order chi connectivity index (χ1) is 18.5. The fourth-order valence-electron chi connectivity index (χ4n) is 4.11. The number of amides is 3. The Labute approximate surface area is 221 Å². The number of anilines is 1. The number of nitrogens with zero attached hydrogens (tertiary/aromatic N) is 1. The van der Waals surface area contributed by atoms with Gasteiger partial charge >= 0.3 is 0 Å². The zero-order chi connectivity index (χ0) is 26.9. The minimum absolute atomic E-state index is 0.0954. The lowest BCUT2D eigenvalue weighted by Gasteiger charge is -2.32. The Hall–Kier alpha value is -4.59. The van der Waals surface area contributed by atoms with Gasteiger partial charge in [-0.15, -0.1) is 0 Å². The van der Waals surface area contributed by atoms with Crippen molar-refractivity contribution in [2.45, 2.75) is 38.8 Å². The van der Waals surface area contributed by atoms with Crippen LogP contribution in [0.25, 0.3) is 0 Å². The number of benzene rings is 2. The Morgan fingerprint density at radius 2 is 1.53 bits per heavy atom. The van der Waals surface area contributed by atoms with Gasteiger partial charge in [0.1, 0.15) is 11.8 Å². The average Bonchev–Trinajstić information content (AvgIpc) is 3.68. The van der Waals surface area contributed by atoms with Gasteiger partial charge in [-0.2, -0.15) is 0 Å². The van der Waals surface area contributed by atoms with Crippen molar-refractivity contribution in [2.24, 2.45) is 0 Å². The van der Waals surface area contributed by atoms with E-state index in [1.54, 1.807) is 30.3 Å². The van der Waals surface area contributed by atoms with E-state index in [9.17, 15) is 14.4 Å². The minimum atomic E-state index is -0.992. The van der Waals surface area contributed by atoms with Crippen molar-refractivity contribution in [3.8, 4) is 0 Å². The fraction of sp³-hybridized carbons (Fsp3) is 0.233. The summed E-state index contributed by atoms with van der Waals surface area (Å²) in [6.07, 6.45) is 3.89. The van der Waals surface area contributed by atoms with Gasteiger partial charge in [0, 0.05) is 5.69 Å². The van der Waals surface area contributed by atoms with Crippen molar-refractivity contribution in [3.05, 3.63) is 114 Å². The third-order valence-corrected chi connectivity index (χ3v) is 6.41. The summed E-state index contributed by atoms with van der Waals surface area (Å²) in [6, 6.07) is 22.3. The van der Waals surface area contributed by atoms with E-state index in [0.717, 1.165) is 12.0 Å². The highest BCUT2D eigenvalue weighted by Crippen LogP contribution is 2.30. The molecule has 0 aliphatic carbocycles. The third-order valence-electron chi connectivity index (χ3n) is 6.41. The lowest BCUT2D eigenvalue weighted by atomic mass is 9.97. The van der Waals surface area contributed by atoms with Gasteiger partial charge < -0.3 is 19.5 Å². The molecule has 0 aliphatic rings. The molecule has 38 heavy (non-hydrogen) atoms. The van der Waals surface area contributed by atoms with Crippen molar-refractivity contribution in [3.63, 3.8) is 0 Å². The highest BCUT2D eigenvalue weighted by atomic mass is 16.3. The zero-order valence-corrected chi connectivity index (χ0v) is 21.4. The number of hydrogen-bond donors (Lipinski definition) is 2. The number of hydrogen-bond acceptors (Lipinski definition) is 5. The van der Waals surface area contributed by atoms with Crippen LogP contribution < -0.4 is 15.5 Å². The summed E-state index contributed by atoms with van der Waals surface area (Å²) in [5.74, 6) is -0.325. The van der Waals surface area contributed by atoms with Crippen molar-refractivity contribution in [1.29, 1.82) is 0 Å². The van der Waals surface area contributed by atoms with Gasteiger partial charge in [-0.3, -0.25) is 19.3 Å². The maximum absolute atomic E-state index is 13.7. The maximum atomic E-state index is 13.7. The molecule has 0 saturated heterocycles. The van der Waals surface area contributed by atoms with Gasteiger partial charge in [0.05, 0.1) is 25.6 Å². The quantitative estimate of drug-likeness (QED) is 0.287. The molecular formula is C30H31N3O5. The van der Waals surface area contributed by atoms with E-state index in [4.69, 9.17) is 8.83 Å². The molecule has 0 fully saturated rings. The van der Waals surface area contributed by atoms with Gasteiger partial charge in [-0.05, 0) is 59.9 Å². The highest BCUT2D eigenvalue weighted by molar-refractivity contribution is 6.04. The van der Waals surface area contributed by atoms with Crippen molar-refractivity contribution in [2.75, 3.05) is 11.4 Å². The Morgan fingerprint density at radius 3 is 2.16 bits per heavy atom. The largest absolute Gasteiger partial charge is 0.467 e. The monoisotopic (exact) mass is 513 g/mol. The van der Waals surface area contributed by atoms with E-state index in [1.807, 2.05) is 42.5 Å². The summed E-state index contributed by atoms with van der Waals surface area (Å²) in [5, 5.41) is 5.49. The molecule has 8 heteroatoms. The number of carbonyl (C=O) groups excluding carboxylic acids is 3. The van der Waals surface area contributed by atoms with Crippen LogP contribution in [0.3, 0.4) is 0 Å².